The maximum Gasteiger partial charge on any atom is 0.255 e. The molecular formula is C32H30N2O. The minimum Gasteiger partial charge on any atom is -0.354 e. The van der Waals surface area contributed by atoms with E-state index in [9.17, 15) is 4.79 Å². The molecule has 4 fully saturated rings. The SMILES string of the molecule is O=C1c2ccccc2[C@@H](c2c(-c3ccccc3)[nH]c3ccccc23)N1C12CC3CC(CC(C3)C1)C2. The van der Waals surface area contributed by atoms with Gasteiger partial charge in [0.15, 0.2) is 0 Å². The van der Waals surface area contributed by atoms with Crippen molar-refractivity contribution in [2.45, 2.75) is 50.1 Å². The van der Waals surface area contributed by atoms with Gasteiger partial charge in [0.2, 0.25) is 0 Å². The Balaban J connectivity index is 1.40. The van der Waals surface area contributed by atoms with E-state index in [0.717, 1.165) is 34.5 Å². The summed E-state index contributed by atoms with van der Waals surface area (Å²) in [6, 6.07) is 27.6. The van der Waals surface area contributed by atoms with Gasteiger partial charge in [0.05, 0.1) is 11.7 Å². The first-order valence-electron chi connectivity index (χ1n) is 13.3. The van der Waals surface area contributed by atoms with Gasteiger partial charge in [-0.15, -0.1) is 0 Å². The molecule has 2 heterocycles. The Morgan fingerprint density at radius 2 is 1.37 bits per heavy atom. The lowest BCUT2D eigenvalue weighted by Gasteiger charge is -2.61. The number of hydrogen-bond donors (Lipinski definition) is 1. The van der Waals surface area contributed by atoms with E-state index in [1.165, 1.54) is 60.6 Å². The Morgan fingerprint density at radius 3 is 2.11 bits per heavy atom. The highest BCUT2D eigenvalue weighted by Crippen LogP contribution is 2.61. The quantitative estimate of drug-likeness (QED) is 0.342. The van der Waals surface area contributed by atoms with Gasteiger partial charge in [-0.25, -0.2) is 0 Å². The molecule has 1 aromatic heterocycles. The second kappa shape index (κ2) is 7.10. The Bertz CT molecular complexity index is 1430. The molecule has 3 heteroatoms. The summed E-state index contributed by atoms with van der Waals surface area (Å²) in [5, 5.41) is 1.23. The van der Waals surface area contributed by atoms with Crippen LogP contribution in [-0.2, 0) is 0 Å². The molecule has 1 atom stereocenters. The highest BCUT2D eigenvalue weighted by atomic mass is 16.2. The van der Waals surface area contributed by atoms with Crippen LogP contribution in [0.4, 0.5) is 0 Å². The largest absolute Gasteiger partial charge is 0.354 e. The Kier molecular flexibility index (Phi) is 4.04. The first-order chi connectivity index (χ1) is 17.2. The van der Waals surface area contributed by atoms with Crippen LogP contribution in [-0.4, -0.2) is 21.3 Å². The minimum absolute atomic E-state index is 0.0121. The van der Waals surface area contributed by atoms with Crippen molar-refractivity contribution in [2.75, 3.05) is 0 Å². The number of H-pyrrole nitrogens is 1. The van der Waals surface area contributed by atoms with Gasteiger partial charge in [0.1, 0.15) is 0 Å². The lowest BCUT2D eigenvalue weighted by atomic mass is 9.52. The first-order valence-corrected chi connectivity index (χ1v) is 13.3. The van der Waals surface area contributed by atoms with Gasteiger partial charge in [-0.05, 0) is 79.5 Å². The number of benzene rings is 3. The molecule has 0 unspecified atom stereocenters. The van der Waals surface area contributed by atoms with Crippen LogP contribution in [0.3, 0.4) is 0 Å². The summed E-state index contributed by atoms with van der Waals surface area (Å²) >= 11 is 0. The van der Waals surface area contributed by atoms with Crippen molar-refractivity contribution in [1.82, 2.24) is 9.88 Å². The summed E-state index contributed by atoms with van der Waals surface area (Å²) in [7, 11) is 0. The Morgan fingerprint density at radius 1 is 0.743 bits per heavy atom. The van der Waals surface area contributed by atoms with E-state index < -0.39 is 0 Å². The van der Waals surface area contributed by atoms with Crippen LogP contribution in [0.2, 0.25) is 0 Å². The van der Waals surface area contributed by atoms with Crippen LogP contribution in [0, 0.1) is 17.8 Å². The van der Waals surface area contributed by atoms with E-state index in [4.69, 9.17) is 0 Å². The summed E-state index contributed by atoms with van der Waals surface area (Å²) in [6.07, 6.45) is 7.67. The number of nitrogens with zero attached hydrogens (tertiary/aromatic N) is 1. The fourth-order valence-corrected chi connectivity index (χ4v) is 8.73. The molecular weight excluding hydrogens is 428 g/mol. The fourth-order valence-electron chi connectivity index (χ4n) is 8.73. The Hall–Kier alpha value is -3.33. The van der Waals surface area contributed by atoms with Crippen LogP contribution in [0.25, 0.3) is 22.2 Å². The summed E-state index contributed by atoms with van der Waals surface area (Å²) in [6.45, 7) is 0. The summed E-state index contributed by atoms with van der Waals surface area (Å²) in [5.74, 6) is 2.61. The van der Waals surface area contributed by atoms with Crippen LogP contribution < -0.4 is 0 Å². The van der Waals surface area contributed by atoms with Crippen LogP contribution in [0.5, 0.6) is 0 Å². The van der Waals surface area contributed by atoms with Crippen LogP contribution in [0.1, 0.15) is 66.1 Å². The molecule has 3 nitrogen and oxygen atoms in total. The van der Waals surface area contributed by atoms with E-state index >= 15 is 0 Å². The molecule has 0 radical (unpaired) electrons. The number of rotatable bonds is 3. The molecule has 4 saturated carbocycles. The van der Waals surface area contributed by atoms with Gasteiger partial charge in [-0.2, -0.15) is 0 Å². The molecule has 1 aliphatic heterocycles. The van der Waals surface area contributed by atoms with Crippen LogP contribution >= 0.6 is 0 Å². The number of hydrogen-bond acceptors (Lipinski definition) is 1. The lowest BCUT2D eigenvalue weighted by molar-refractivity contribution is -0.0805. The third-order valence-corrected chi connectivity index (χ3v) is 9.56. The average molecular weight is 459 g/mol. The first kappa shape index (κ1) is 19.9. The second-order valence-corrected chi connectivity index (χ2v) is 11.6. The van der Waals surface area contributed by atoms with Crippen molar-refractivity contribution in [3.8, 4) is 11.3 Å². The highest BCUT2D eigenvalue weighted by molar-refractivity contribution is 6.02. The van der Waals surface area contributed by atoms with Crippen molar-refractivity contribution < 1.29 is 4.79 Å². The number of carbonyl (C=O) groups is 1. The zero-order chi connectivity index (χ0) is 23.1. The molecule has 4 bridgehead atoms. The van der Waals surface area contributed by atoms with E-state index in [2.05, 4.69) is 82.7 Å². The molecule has 174 valence electrons. The normalized spacial score (nSPS) is 30.9. The smallest absolute Gasteiger partial charge is 0.255 e. The third-order valence-electron chi connectivity index (χ3n) is 9.56. The van der Waals surface area contributed by atoms with Crippen molar-refractivity contribution in [1.29, 1.82) is 0 Å². The number of para-hydroxylation sites is 1. The van der Waals surface area contributed by atoms with Crippen LogP contribution in [0.15, 0.2) is 78.9 Å². The number of fused-ring (bicyclic) bond motifs is 2. The summed E-state index contributed by atoms with van der Waals surface area (Å²) < 4.78 is 0. The van der Waals surface area contributed by atoms with Gasteiger partial charge in [-0.3, -0.25) is 4.79 Å². The van der Waals surface area contributed by atoms with Crippen molar-refractivity contribution in [3.05, 3.63) is 95.6 Å². The number of amides is 1. The zero-order valence-electron chi connectivity index (χ0n) is 19.9. The third kappa shape index (κ3) is 2.75. The van der Waals surface area contributed by atoms with Gasteiger partial charge < -0.3 is 9.88 Å². The number of aromatic nitrogens is 1. The minimum atomic E-state index is -0.0543. The predicted molar refractivity (Wildman–Crippen MR) is 139 cm³/mol. The second-order valence-electron chi connectivity index (χ2n) is 11.6. The summed E-state index contributed by atoms with van der Waals surface area (Å²) in [5.41, 5.74) is 6.80. The molecule has 1 N–H and O–H groups in total. The standard InChI is InChI=1S/C32H30N2O/c35-31-25-11-5-4-10-24(25)30(34(31)32-17-20-14-21(18-32)16-22(15-20)19-32)28-26-12-6-7-13-27(26)33-29(28)23-8-2-1-3-9-23/h1-13,20-22,30,33H,14-19H2/t20?,21?,22?,30-,32?/m0/s1. The lowest BCUT2D eigenvalue weighted by Crippen LogP contribution is -2.61. The molecule has 35 heavy (non-hydrogen) atoms. The molecule has 1 amide bonds. The number of carbonyl (C=O) groups excluding carboxylic acids is 1. The summed E-state index contributed by atoms with van der Waals surface area (Å²) in [4.78, 5) is 20.5. The fraction of sp³-hybridized carbons (Fsp3) is 0.344. The monoisotopic (exact) mass is 458 g/mol. The topological polar surface area (TPSA) is 36.1 Å². The molecule has 9 rings (SSSR count). The van der Waals surface area contributed by atoms with E-state index in [0.29, 0.717) is 0 Å². The predicted octanol–water partition coefficient (Wildman–Crippen LogP) is 7.35. The van der Waals surface area contributed by atoms with E-state index in [-0.39, 0.29) is 17.5 Å². The Labute approximate surface area is 206 Å². The number of nitrogens with one attached hydrogen (secondary N) is 1. The maximum absolute atomic E-state index is 14.3. The van der Waals surface area contributed by atoms with E-state index in [1.54, 1.807) is 0 Å². The molecule has 4 aliphatic carbocycles. The highest BCUT2D eigenvalue weighted by Gasteiger charge is 2.58. The average Bonchev–Trinajstić information content (AvgIpc) is 3.39. The van der Waals surface area contributed by atoms with E-state index in [1.807, 2.05) is 6.07 Å². The van der Waals surface area contributed by atoms with Gasteiger partial charge in [-0.1, -0.05) is 66.7 Å². The number of aromatic amines is 1. The van der Waals surface area contributed by atoms with Gasteiger partial charge in [0.25, 0.3) is 5.91 Å². The zero-order valence-corrected chi connectivity index (χ0v) is 19.9. The molecule has 5 aliphatic rings. The molecule has 0 spiro atoms. The maximum atomic E-state index is 14.3. The van der Waals surface area contributed by atoms with Crippen molar-refractivity contribution in [3.63, 3.8) is 0 Å². The molecule has 0 saturated heterocycles. The molecule has 3 aromatic carbocycles. The van der Waals surface area contributed by atoms with Gasteiger partial charge >= 0.3 is 0 Å². The van der Waals surface area contributed by atoms with Crippen molar-refractivity contribution >= 4 is 16.8 Å². The molecule has 4 aromatic rings. The van der Waals surface area contributed by atoms with Crippen molar-refractivity contribution in [2.24, 2.45) is 17.8 Å². The van der Waals surface area contributed by atoms with Gasteiger partial charge in [0, 0.05) is 27.6 Å².